The summed E-state index contributed by atoms with van der Waals surface area (Å²) in [6.45, 7) is 10.6. The van der Waals surface area contributed by atoms with Crippen LogP contribution in [0.3, 0.4) is 0 Å². The highest BCUT2D eigenvalue weighted by atomic mass is 32.2. The molecule has 1 heterocycles. The standard InChI is InChI=1S/C26H37NO3S/c1-5-26(6-2)20-27(17-18-30-26)25-15-13-23(14-16-25)8-7-22-9-11-24(12-10-22)19-31(28,29)21(3)4/h9-16,21H,5-8,17-20H2,1-4H3. The summed E-state index contributed by atoms with van der Waals surface area (Å²) < 4.78 is 30.3. The molecule has 1 aliphatic heterocycles. The molecule has 0 saturated carbocycles. The van der Waals surface area contributed by atoms with E-state index in [0.29, 0.717) is 0 Å². The van der Waals surface area contributed by atoms with Gasteiger partial charge in [-0.05, 0) is 68.4 Å². The minimum atomic E-state index is -3.06. The van der Waals surface area contributed by atoms with E-state index in [1.54, 1.807) is 13.8 Å². The second-order valence-corrected chi connectivity index (χ2v) is 11.6. The van der Waals surface area contributed by atoms with Crippen LogP contribution in [0.15, 0.2) is 48.5 Å². The fraction of sp³-hybridized carbons (Fsp3) is 0.538. The van der Waals surface area contributed by atoms with Gasteiger partial charge in [0.25, 0.3) is 0 Å². The zero-order chi connectivity index (χ0) is 22.5. The maximum absolute atomic E-state index is 12.1. The van der Waals surface area contributed by atoms with Gasteiger partial charge in [0.1, 0.15) is 0 Å². The highest BCUT2D eigenvalue weighted by Gasteiger charge is 2.33. The molecule has 5 heteroatoms. The first-order valence-corrected chi connectivity index (χ1v) is 13.3. The lowest BCUT2D eigenvalue weighted by Crippen LogP contribution is -2.51. The molecule has 2 aromatic carbocycles. The predicted octanol–water partition coefficient (Wildman–Crippen LogP) is 5.19. The molecule has 1 fully saturated rings. The van der Waals surface area contributed by atoms with Gasteiger partial charge in [-0.15, -0.1) is 0 Å². The maximum atomic E-state index is 12.1. The van der Waals surface area contributed by atoms with Crippen molar-refractivity contribution in [2.75, 3.05) is 24.6 Å². The third kappa shape index (κ3) is 6.11. The SMILES string of the molecule is CCC1(CC)CN(c2ccc(CCc3ccc(CS(=O)(=O)C(C)C)cc3)cc2)CCO1. The van der Waals surface area contributed by atoms with E-state index in [1.165, 1.54) is 16.8 Å². The molecular weight excluding hydrogens is 406 g/mol. The molecule has 1 saturated heterocycles. The summed E-state index contributed by atoms with van der Waals surface area (Å²) in [5.74, 6) is 0.116. The number of hydrogen-bond donors (Lipinski definition) is 0. The number of anilines is 1. The van der Waals surface area contributed by atoms with Crippen molar-refractivity contribution in [3.63, 3.8) is 0 Å². The van der Waals surface area contributed by atoms with E-state index < -0.39 is 9.84 Å². The van der Waals surface area contributed by atoms with Crippen molar-refractivity contribution >= 4 is 15.5 Å². The molecule has 4 nitrogen and oxygen atoms in total. The molecular formula is C26H37NO3S. The van der Waals surface area contributed by atoms with Gasteiger partial charge in [0.05, 0.1) is 23.2 Å². The quantitative estimate of drug-likeness (QED) is 0.535. The summed E-state index contributed by atoms with van der Waals surface area (Å²) in [5, 5.41) is -0.340. The lowest BCUT2D eigenvalue weighted by atomic mass is 9.94. The molecule has 2 aromatic rings. The highest BCUT2D eigenvalue weighted by molar-refractivity contribution is 7.91. The average molecular weight is 444 g/mol. The second-order valence-electron chi connectivity index (χ2n) is 9.00. The predicted molar refractivity (Wildman–Crippen MR) is 130 cm³/mol. The summed E-state index contributed by atoms with van der Waals surface area (Å²) in [4.78, 5) is 2.45. The van der Waals surface area contributed by atoms with Crippen LogP contribution in [0.4, 0.5) is 5.69 Å². The highest BCUT2D eigenvalue weighted by Crippen LogP contribution is 2.29. The van der Waals surface area contributed by atoms with Gasteiger partial charge in [-0.1, -0.05) is 50.2 Å². The number of rotatable bonds is 9. The topological polar surface area (TPSA) is 46.6 Å². The molecule has 0 aromatic heterocycles. The Labute approximate surface area is 188 Å². The minimum absolute atomic E-state index is 0.0163. The summed E-state index contributed by atoms with van der Waals surface area (Å²) in [6.07, 6.45) is 4.00. The molecule has 0 bridgehead atoms. The Morgan fingerprint density at radius 2 is 1.42 bits per heavy atom. The smallest absolute Gasteiger partial charge is 0.156 e. The van der Waals surface area contributed by atoms with Crippen LogP contribution in [0.25, 0.3) is 0 Å². The van der Waals surface area contributed by atoms with Gasteiger partial charge >= 0.3 is 0 Å². The van der Waals surface area contributed by atoms with Crippen LogP contribution in [0.5, 0.6) is 0 Å². The third-order valence-electron chi connectivity index (χ3n) is 6.65. The van der Waals surface area contributed by atoms with E-state index in [-0.39, 0.29) is 16.6 Å². The van der Waals surface area contributed by atoms with Crippen molar-refractivity contribution in [3.05, 3.63) is 65.2 Å². The molecule has 0 radical (unpaired) electrons. The lowest BCUT2D eigenvalue weighted by molar-refractivity contribution is -0.0605. The van der Waals surface area contributed by atoms with E-state index in [2.05, 4.69) is 55.1 Å². The Bertz CT molecular complexity index is 930. The fourth-order valence-corrected chi connectivity index (χ4v) is 5.10. The van der Waals surface area contributed by atoms with E-state index >= 15 is 0 Å². The summed E-state index contributed by atoms with van der Waals surface area (Å²) >= 11 is 0. The number of sulfone groups is 1. The van der Waals surface area contributed by atoms with Crippen molar-refractivity contribution in [1.82, 2.24) is 0 Å². The number of benzene rings is 2. The second kappa shape index (κ2) is 10.2. The van der Waals surface area contributed by atoms with Crippen molar-refractivity contribution in [1.29, 1.82) is 0 Å². The molecule has 0 unspecified atom stereocenters. The van der Waals surface area contributed by atoms with Crippen molar-refractivity contribution in [2.45, 2.75) is 70.0 Å². The van der Waals surface area contributed by atoms with Gasteiger partial charge in [-0.3, -0.25) is 0 Å². The first kappa shape index (κ1) is 23.8. The molecule has 170 valence electrons. The number of aryl methyl sites for hydroxylation is 2. The minimum Gasteiger partial charge on any atom is -0.371 e. The number of morpholine rings is 1. The Hall–Kier alpha value is -1.85. The summed E-state index contributed by atoms with van der Waals surface area (Å²) in [6, 6.07) is 16.9. The monoisotopic (exact) mass is 443 g/mol. The van der Waals surface area contributed by atoms with Gasteiger partial charge in [0, 0.05) is 18.8 Å². The number of ether oxygens (including phenoxy) is 1. The van der Waals surface area contributed by atoms with Gasteiger partial charge in [0.2, 0.25) is 0 Å². The Morgan fingerprint density at radius 3 is 1.94 bits per heavy atom. The van der Waals surface area contributed by atoms with Crippen LogP contribution in [0.2, 0.25) is 0 Å². The summed E-state index contributed by atoms with van der Waals surface area (Å²) in [7, 11) is -3.06. The molecule has 0 atom stereocenters. The average Bonchev–Trinajstić information content (AvgIpc) is 2.78. The van der Waals surface area contributed by atoms with E-state index in [1.807, 2.05) is 12.1 Å². The maximum Gasteiger partial charge on any atom is 0.156 e. The molecule has 0 aliphatic carbocycles. The van der Waals surface area contributed by atoms with Crippen molar-refractivity contribution in [3.8, 4) is 0 Å². The largest absolute Gasteiger partial charge is 0.371 e. The third-order valence-corrected chi connectivity index (χ3v) is 8.82. The van der Waals surface area contributed by atoms with Gasteiger partial charge in [0.15, 0.2) is 9.84 Å². The van der Waals surface area contributed by atoms with Crippen LogP contribution in [0, 0.1) is 0 Å². The molecule has 0 amide bonds. The van der Waals surface area contributed by atoms with E-state index in [0.717, 1.165) is 50.9 Å². The van der Waals surface area contributed by atoms with Gasteiger partial charge < -0.3 is 9.64 Å². The van der Waals surface area contributed by atoms with Crippen molar-refractivity contribution < 1.29 is 13.2 Å². The summed E-state index contributed by atoms with van der Waals surface area (Å²) in [5.41, 5.74) is 4.67. The first-order chi connectivity index (χ1) is 14.8. The lowest BCUT2D eigenvalue weighted by Gasteiger charge is -2.43. The van der Waals surface area contributed by atoms with Crippen molar-refractivity contribution in [2.24, 2.45) is 0 Å². The molecule has 3 rings (SSSR count). The van der Waals surface area contributed by atoms with Gasteiger partial charge in [-0.25, -0.2) is 8.42 Å². The van der Waals surface area contributed by atoms with Crippen LogP contribution in [-0.2, 0) is 33.2 Å². The zero-order valence-electron chi connectivity index (χ0n) is 19.4. The van der Waals surface area contributed by atoms with Gasteiger partial charge in [-0.2, -0.15) is 0 Å². The normalized spacial score (nSPS) is 16.6. The van der Waals surface area contributed by atoms with Crippen LogP contribution >= 0.6 is 0 Å². The Kier molecular flexibility index (Phi) is 7.82. The van der Waals surface area contributed by atoms with E-state index in [9.17, 15) is 8.42 Å². The fourth-order valence-electron chi connectivity index (χ4n) is 4.11. The molecule has 1 aliphatic rings. The molecule has 0 spiro atoms. The number of hydrogen-bond acceptors (Lipinski definition) is 4. The van der Waals surface area contributed by atoms with E-state index in [4.69, 9.17) is 4.74 Å². The van der Waals surface area contributed by atoms with Crippen LogP contribution < -0.4 is 4.90 Å². The van der Waals surface area contributed by atoms with Crippen LogP contribution in [-0.4, -0.2) is 39.0 Å². The Morgan fingerprint density at radius 1 is 0.903 bits per heavy atom. The molecule has 0 N–H and O–H groups in total. The van der Waals surface area contributed by atoms with Crippen LogP contribution in [0.1, 0.15) is 57.2 Å². The number of nitrogens with zero attached hydrogens (tertiary/aromatic N) is 1. The zero-order valence-corrected chi connectivity index (χ0v) is 20.2. The molecule has 31 heavy (non-hydrogen) atoms. The Balaban J connectivity index is 1.56. The first-order valence-electron chi connectivity index (χ1n) is 11.5.